The van der Waals surface area contributed by atoms with Gasteiger partial charge in [-0.15, -0.1) is 0 Å². The molecule has 4 aliphatic heterocycles. The molecular formula is C21H31F2N5O3. The van der Waals surface area contributed by atoms with Crippen LogP contribution in [-0.4, -0.2) is 98.5 Å². The van der Waals surface area contributed by atoms with Crippen LogP contribution in [0.4, 0.5) is 8.78 Å². The van der Waals surface area contributed by atoms with Gasteiger partial charge in [-0.2, -0.15) is 5.10 Å². The van der Waals surface area contributed by atoms with Gasteiger partial charge >= 0.3 is 0 Å². The summed E-state index contributed by atoms with van der Waals surface area (Å²) in [6.45, 7) is 3.91. The Balaban J connectivity index is 1.49. The number of nitrogens with one attached hydrogen (secondary N) is 1. The number of carbonyl (C=O) groups is 1. The summed E-state index contributed by atoms with van der Waals surface area (Å²) in [5.74, 6) is 0.140. The van der Waals surface area contributed by atoms with Gasteiger partial charge in [0.15, 0.2) is 6.23 Å². The van der Waals surface area contributed by atoms with E-state index < -0.39 is 13.0 Å². The first-order valence-corrected chi connectivity index (χ1v) is 10.8. The summed E-state index contributed by atoms with van der Waals surface area (Å²) in [7, 11) is 3.30. The van der Waals surface area contributed by atoms with E-state index >= 15 is 0 Å². The van der Waals surface area contributed by atoms with Gasteiger partial charge in [-0.1, -0.05) is 5.57 Å². The van der Waals surface area contributed by atoms with E-state index in [4.69, 9.17) is 9.47 Å². The first-order chi connectivity index (χ1) is 14.8. The second kappa shape index (κ2) is 8.91. The molecule has 1 saturated heterocycles. The van der Waals surface area contributed by atoms with Gasteiger partial charge in [-0.05, 0) is 26.7 Å². The van der Waals surface area contributed by atoms with Crippen molar-refractivity contribution < 1.29 is 23.0 Å². The molecule has 172 valence electrons. The van der Waals surface area contributed by atoms with Gasteiger partial charge in [0.25, 0.3) is 12.3 Å². The van der Waals surface area contributed by atoms with Crippen molar-refractivity contribution in [2.24, 2.45) is 16.0 Å². The average molecular weight is 440 g/mol. The number of hydrogen-bond acceptors (Lipinski definition) is 7. The minimum absolute atomic E-state index is 0.0252. The van der Waals surface area contributed by atoms with Crippen molar-refractivity contribution in [3.8, 4) is 0 Å². The summed E-state index contributed by atoms with van der Waals surface area (Å²) in [4.78, 5) is 19.6. The normalized spacial score (nSPS) is 38.0. The second-order valence-corrected chi connectivity index (χ2v) is 8.79. The minimum Gasteiger partial charge on any atom is -0.377 e. The summed E-state index contributed by atoms with van der Waals surface area (Å²) in [5, 5.41) is 9.10. The Bertz CT molecular complexity index is 789. The molecule has 8 nitrogen and oxygen atoms in total. The van der Waals surface area contributed by atoms with E-state index in [0.29, 0.717) is 6.54 Å². The van der Waals surface area contributed by atoms with E-state index in [1.165, 1.54) is 5.01 Å². The highest BCUT2D eigenvalue weighted by Crippen LogP contribution is 2.37. The lowest BCUT2D eigenvalue weighted by molar-refractivity contribution is -0.127. The standard InChI is InChI=1S/C21H31F2N5O3/c1-11-5-15(13-6-16(30-3)20(31-4)24-7-13)26-19-12(2)28(21(29)18(11)19)14-8-25-27(9-14)10-17(22)23/h7-8,12-17,19-20,26H,5-6,9-10H2,1-4H3. The molecule has 7 unspecified atom stereocenters. The molecule has 7 atom stereocenters. The van der Waals surface area contributed by atoms with Gasteiger partial charge in [0.05, 0.1) is 25.2 Å². The van der Waals surface area contributed by atoms with Crippen LogP contribution in [0.3, 0.4) is 0 Å². The smallest absolute Gasteiger partial charge is 0.257 e. The number of halogens is 2. The topological polar surface area (TPSA) is 78.8 Å². The molecule has 0 radical (unpaired) electrons. The molecule has 0 bridgehead atoms. The molecule has 1 amide bonds. The zero-order valence-corrected chi connectivity index (χ0v) is 18.4. The van der Waals surface area contributed by atoms with E-state index in [1.807, 2.05) is 20.1 Å². The van der Waals surface area contributed by atoms with Crippen LogP contribution in [0, 0.1) is 5.92 Å². The molecule has 1 fully saturated rings. The molecule has 0 aromatic rings. The zero-order chi connectivity index (χ0) is 22.3. The Hall–Kier alpha value is -1.91. The van der Waals surface area contributed by atoms with Gasteiger partial charge in [0.2, 0.25) is 0 Å². The van der Waals surface area contributed by atoms with Crippen LogP contribution in [0.15, 0.2) is 21.2 Å². The molecule has 0 saturated carbocycles. The Kier molecular flexibility index (Phi) is 6.41. The molecule has 0 spiro atoms. The second-order valence-electron chi connectivity index (χ2n) is 8.79. The van der Waals surface area contributed by atoms with Crippen LogP contribution in [-0.2, 0) is 14.3 Å². The Labute approximate surface area is 181 Å². The number of hydrogen-bond donors (Lipinski definition) is 1. The molecule has 4 heterocycles. The SMILES string of the molecule is COC1CC(C2CC(C)=C3C(=O)N(C4C=NN(CC(F)F)C4)C(C)C3N2)C=NC1OC. The number of carbonyl (C=O) groups excluding carboxylic acids is 1. The minimum atomic E-state index is -2.46. The number of likely N-dealkylation sites (tertiary alicyclic amines) is 1. The van der Waals surface area contributed by atoms with Crippen molar-refractivity contribution >= 4 is 18.3 Å². The maximum Gasteiger partial charge on any atom is 0.257 e. The molecule has 0 aliphatic carbocycles. The molecule has 31 heavy (non-hydrogen) atoms. The Morgan fingerprint density at radius 1 is 1.29 bits per heavy atom. The van der Waals surface area contributed by atoms with E-state index in [1.54, 1.807) is 25.3 Å². The highest BCUT2D eigenvalue weighted by atomic mass is 19.3. The van der Waals surface area contributed by atoms with E-state index in [9.17, 15) is 13.6 Å². The lowest BCUT2D eigenvalue weighted by atomic mass is 9.82. The highest BCUT2D eigenvalue weighted by Gasteiger charge is 2.49. The summed E-state index contributed by atoms with van der Waals surface area (Å²) >= 11 is 0. The van der Waals surface area contributed by atoms with Crippen molar-refractivity contribution in [1.29, 1.82) is 0 Å². The fourth-order valence-corrected chi connectivity index (χ4v) is 5.34. The van der Waals surface area contributed by atoms with Crippen LogP contribution in [0.5, 0.6) is 0 Å². The first kappa shape index (κ1) is 22.3. The molecule has 0 aromatic carbocycles. The lowest BCUT2D eigenvalue weighted by Gasteiger charge is -2.39. The monoisotopic (exact) mass is 439 g/mol. The van der Waals surface area contributed by atoms with Gasteiger partial charge in [-0.3, -0.25) is 14.8 Å². The quantitative estimate of drug-likeness (QED) is 0.675. The van der Waals surface area contributed by atoms with Crippen molar-refractivity contribution in [2.75, 3.05) is 27.3 Å². The van der Waals surface area contributed by atoms with Crippen molar-refractivity contribution in [1.82, 2.24) is 15.2 Å². The van der Waals surface area contributed by atoms with Crippen molar-refractivity contribution in [3.63, 3.8) is 0 Å². The van der Waals surface area contributed by atoms with Crippen LogP contribution in [0.1, 0.15) is 26.7 Å². The van der Waals surface area contributed by atoms with Gasteiger partial charge in [0, 0.05) is 50.2 Å². The molecule has 0 aromatic heterocycles. The van der Waals surface area contributed by atoms with Gasteiger partial charge < -0.3 is 19.7 Å². The molecule has 4 aliphatic rings. The summed E-state index contributed by atoms with van der Waals surface area (Å²) in [5.41, 5.74) is 1.87. The van der Waals surface area contributed by atoms with Crippen LogP contribution >= 0.6 is 0 Å². The maximum absolute atomic E-state index is 13.3. The Morgan fingerprint density at radius 3 is 2.74 bits per heavy atom. The Morgan fingerprint density at radius 2 is 2.06 bits per heavy atom. The number of methoxy groups -OCH3 is 2. The van der Waals surface area contributed by atoms with Gasteiger partial charge in [0.1, 0.15) is 6.10 Å². The lowest BCUT2D eigenvalue weighted by Crippen LogP contribution is -2.54. The van der Waals surface area contributed by atoms with E-state index in [2.05, 4.69) is 15.4 Å². The number of aliphatic imine (C=N–C) groups is 1. The zero-order valence-electron chi connectivity index (χ0n) is 18.4. The van der Waals surface area contributed by atoms with Crippen LogP contribution in [0.2, 0.25) is 0 Å². The predicted molar refractivity (Wildman–Crippen MR) is 112 cm³/mol. The number of amides is 1. The maximum atomic E-state index is 13.3. The fraction of sp³-hybridized carbons (Fsp3) is 0.762. The number of fused-ring (bicyclic) bond motifs is 1. The van der Waals surface area contributed by atoms with E-state index in [0.717, 1.165) is 24.0 Å². The third kappa shape index (κ3) is 4.12. The number of nitrogens with zero attached hydrogens (tertiary/aromatic N) is 4. The number of hydrazone groups is 1. The first-order valence-electron chi connectivity index (χ1n) is 10.8. The van der Waals surface area contributed by atoms with Gasteiger partial charge in [-0.25, -0.2) is 8.78 Å². The molecule has 1 N–H and O–H groups in total. The number of ether oxygens (including phenoxy) is 2. The van der Waals surface area contributed by atoms with E-state index in [-0.39, 0.29) is 48.3 Å². The third-order valence-electron chi connectivity index (χ3n) is 6.89. The summed E-state index contributed by atoms with van der Waals surface area (Å²) in [6, 6.07) is -0.383. The molecule has 4 rings (SSSR count). The van der Waals surface area contributed by atoms with Crippen LogP contribution in [0.25, 0.3) is 0 Å². The predicted octanol–water partition coefficient (Wildman–Crippen LogP) is 1.28. The van der Waals surface area contributed by atoms with Crippen molar-refractivity contribution in [3.05, 3.63) is 11.1 Å². The fourth-order valence-electron chi connectivity index (χ4n) is 5.34. The average Bonchev–Trinajstić information content (AvgIpc) is 3.28. The molecular weight excluding hydrogens is 408 g/mol. The summed E-state index contributed by atoms with van der Waals surface area (Å²) in [6.07, 6.45) is 2.24. The summed E-state index contributed by atoms with van der Waals surface area (Å²) < 4.78 is 36.4. The van der Waals surface area contributed by atoms with Crippen molar-refractivity contribution in [2.45, 2.75) is 69.6 Å². The number of alkyl halides is 2. The third-order valence-corrected chi connectivity index (χ3v) is 6.89. The highest BCUT2D eigenvalue weighted by molar-refractivity contribution is 6.00. The largest absolute Gasteiger partial charge is 0.377 e. The number of rotatable bonds is 6. The molecule has 10 heteroatoms. The van der Waals surface area contributed by atoms with Crippen LogP contribution < -0.4 is 5.32 Å².